The van der Waals surface area contributed by atoms with Crippen molar-refractivity contribution in [3.63, 3.8) is 0 Å². The highest BCUT2D eigenvalue weighted by atomic mass is 35.5. The third kappa shape index (κ3) is 4.13. The molecular weight excluding hydrogens is 410 g/mol. The first-order valence-electron chi connectivity index (χ1n) is 8.39. The maximum Gasteiger partial charge on any atom is 0.243 e. The van der Waals surface area contributed by atoms with Crippen LogP contribution in [-0.2, 0) is 19.9 Å². The smallest absolute Gasteiger partial charge is 0.243 e. The molecule has 27 heavy (non-hydrogen) atoms. The highest BCUT2D eigenvalue weighted by Gasteiger charge is 2.38. The van der Waals surface area contributed by atoms with Crippen LogP contribution in [-0.4, -0.2) is 46.6 Å². The Hall–Kier alpha value is -1.61. The zero-order chi connectivity index (χ0) is 19.7. The molecule has 0 aromatic heterocycles. The number of hydrogen-bond donors (Lipinski definition) is 0. The topological polar surface area (TPSA) is 80.8 Å². The summed E-state index contributed by atoms with van der Waals surface area (Å²) in [5, 5.41) is 0.186. The van der Waals surface area contributed by atoms with Gasteiger partial charge in [-0.2, -0.15) is 4.31 Å². The van der Waals surface area contributed by atoms with Crippen LogP contribution in [0.15, 0.2) is 58.3 Å². The Morgan fingerprint density at radius 1 is 1.07 bits per heavy atom. The summed E-state index contributed by atoms with van der Waals surface area (Å²) in [6, 6.07) is 11.7. The molecule has 0 bridgehead atoms. The molecule has 0 N–H and O–H groups in total. The molecule has 6 nitrogen and oxygen atoms in total. The lowest BCUT2D eigenvalue weighted by atomic mass is 10.3. The first-order valence-corrected chi connectivity index (χ1v) is 11.9. The highest BCUT2D eigenvalue weighted by molar-refractivity contribution is 7.91. The van der Waals surface area contributed by atoms with Crippen LogP contribution in [0.25, 0.3) is 0 Å². The van der Waals surface area contributed by atoms with Gasteiger partial charge in [-0.1, -0.05) is 29.8 Å². The number of sulfone groups is 1. The van der Waals surface area contributed by atoms with Crippen molar-refractivity contribution in [1.29, 1.82) is 0 Å². The Balaban J connectivity index is 1.88. The molecule has 1 aliphatic rings. The number of nitrogens with zero attached hydrogens (tertiary/aromatic N) is 1. The van der Waals surface area contributed by atoms with Crippen LogP contribution in [0, 0.1) is 0 Å². The van der Waals surface area contributed by atoms with Crippen LogP contribution < -0.4 is 4.74 Å². The number of halogens is 1. The van der Waals surface area contributed by atoms with E-state index in [9.17, 15) is 16.8 Å². The number of sulfonamides is 1. The fraction of sp³-hybridized carbons (Fsp3) is 0.333. The molecule has 0 saturated carbocycles. The largest absolute Gasteiger partial charge is 0.495 e. The van der Waals surface area contributed by atoms with E-state index < -0.39 is 25.9 Å². The van der Waals surface area contributed by atoms with E-state index in [1.54, 1.807) is 18.2 Å². The van der Waals surface area contributed by atoms with Crippen LogP contribution >= 0.6 is 11.6 Å². The number of benzene rings is 2. The number of methoxy groups -OCH3 is 1. The van der Waals surface area contributed by atoms with E-state index in [4.69, 9.17) is 16.3 Å². The zero-order valence-electron chi connectivity index (χ0n) is 14.7. The van der Waals surface area contributed by atoms with E-state index in [1.165, 1.54) is 41.7 Å². The first-order chi connectivity index (χ1) is 12.8. The molecule has 0 aliphatic carbocycles. The van der Waals surface area contributed by atoms with Gasteiger partial charge >= 0.3 is 0 Å². The van der Waals surface area contributed by atoms with Gasteiger partial charge < -0.3 is 4.74 Å². The minimum absolute atomic E-state index is 0.0253. The molecule has 3 rings (SSSR count). The summed E-state index contributed by atoms with van der Waals surface area (Å²) >= 11 is 6.06. The van der Waals surface area contributed by atoms with Crippen LogP contribution in [0.3, 0.4) is 0 Å². The summed E-state index contributed by atoms with van der Waals surface area (Å²) in [5.74, 6) is 0.125. The molecule has 2 aromatic rings. The van der Waals surface area contributed by atoms with E-state index >= 15 is 0 Å². The predicted molar refractivity (Wildman–Crippen MR) is 103 cm³/mol. The average molecular weight is 430 g/mol. The van der Waals surface area contributed by atoms with Crippen molar-refractivity contribution in [3.8, 4) is 5.75 Å². The van der Waals surface area contributed by atoms with E-state index in [-0.39, 0.29) is 27.1 Å². The van der Waals surface area contributed by atoms with E-state index in [0.717, 1.165) is 0 Å². The molecule has 0 spiro atoms. The van der Waals surface area contributed by atoms with Gasteiger partial charge in [0.25, 0.3) is 0 Å². The SMILES string of the molecule is COc1ccc(S(=O)(=O)N2CCCC2CS(=O)(=O)c2ccccc2)cc1Cl. The van der Waals surface area contributed by atoms with Crippen molar-refractivity contribution in [2.75, 3.05) is 19.4 Å². The van der Waals surface area contributed by atoms with Crippen molar-refractivity contribution < 1.29 is 21.6 Å². The van der Waals surface area contributed by atoms with Crippen molar-refractivity contribution in [3.05, 3.63) is 53.6 Å². The molecule has 9 heteroatoms. The van der Waals surface area contributed by atoms with Gasteiger partial charge in [-0.25, -0.2) is 16.8 Å². The monoisotopic (exact) mass is 429 g/mol. The Morgan fingerprint density at radius 2 is 1.78 bits per heavy atom. The standard InChI is InChI=1S/C18H20ClNO5S2/c1-25-18-10-9-16(12-17(18)19)27(23,24)20-11-5-6-14(20)13-26(21,22)15-7-3-2-4-8-15/h2-4,7-10,12,14H,5-6,11,13H2,1H3. The second-order valence-corrected chi connectivity index (χ2v) is 10.6. The fourth-order valence-corrected chi connectivity index (χ4v) is 6.97. The number of rotatable bonds is 6. The Labute approximate surface area is 164 Å². The van der Waals surface area contributed by atoms with Gasteiger partial charge in [0, 0.05) is 12.6 Å². The van der Waals surface area contributed by atoms with Crippen LogP contribution in [0.4, 0.5) is 0 Å². The van der Waals surface area contributed by atoms with Gasteiger partial charge in [0.15, 0.2) is 9.84 Å². The molecule has 1 unspecified atom stereocenters. The van der Waals surface area contributed by atoms with Crippen LogP contribution in [0.5, 0.6) is 5.75 Å². The second-order valence-electron chi connectivity index (χ2n) is 6.30. The number of ether oxygens (including phenoxy) is 1. The molecule has 1 saturated heterocycles. The second kappa shape index (κ2) is 7.79. The van der Waals surface area contributed by atoms with Gasteiger partial charge in [-0.3, -0.25) is 0 Å². The summed E-state index contributed by atoms with van der Waals surface area (Å²) in [5.41, 5.74) is 0. The minimum atomic E-state index is -3.86. The maximum atomic E-state index is 13.1. The van der Waals surface area contributed by atoms with E-state index in [0.29, 0.717) is 18.6 Å². The molecule has 1 heterocycles. The molecule has 0 amide bonds. The van der Waals surface area contributed by atoms with E-state index in [2.05, 4.69) is 0 Å². The van der Waals surface area contributed by atoms with Crippen molar-refractivity contribution >= 4 is 31.5 Å². The summed E-state index contributed by atoms with van der Waals surface area (Å²) in [6.45, 7) is 0.279. The minimum Gasteiger partial charge on any atom is -0.495 e. The van der Waals surface area contributed by atoms with Gasteiger partial charge in [-0.15, -0.1) is 0 Å². The zero-order valence-corrected chi connectivity index (χ0v) is 17.1. The molecule has 1 aliphatic heterocycles. The lowest BCUT2D eigenvalue weighted by molar-refractivity contribution is 0.406. The van der Waals surface area contributed by atoms with Gasteiger partial charge in [0.1, 0.15) is 5.75 Å². The molecular formula is C18H20ClNO5S2. The van der Waals surface area contributed by atoms with Crippen LogP contribution in [0.1, 0.15) is 12.8 Å². The summed E-state index contributed by atoms with van der Waals surface area (Å²) < 4.78 is 57.8. The molecule has 146 valence electrons. The third-order valence-electron chi connectivity index (χ3n) is 4.57. The van der Waals surface area contributed by atoms with Gasteiger partial charge in [-0.05, 0) is 43.2 Å². The molecule has 2 aromatic carbocycles. The van der Waals surface area contributed by atoms with Crippen molar-refractivity contribution in [1.82, 2.24) is 4.31 Å². The van der Waals surface area contributed by atoms with E-state index in [1.807, 2.05) is 0 Å². The maximum absolute atomic E-state index is 13.1. The van der Waals surface area contributed by atoms with Gasteiger partial charge in [0.2, 0.25) is 10.0 Å². The summed E-state index contributed by atoms with van der Waals surface area (Å²) in [6.07, 6.45) is 1.10. The highest BCUT2D eigenvalue weighted by Crippen LogP contribution is 2.32. The first kappa shape index (κ1) is 20.1. The van der Waals surface area contributed by atoms with Crippen molar-refractivity contribution in [2.45, 2.75) is 28.7 Å². The Morgan fingerprint density at radius 3 is 2.41 bits per heavy atom. The average Bonchev–Trinajstić information content (AvgIpc) is 3.10. The molecule has 1 atom stereocenters. The third-order valence-corrected chi connectivity index (χ3v) is 8.62. The Bertz CT molecular complexity index is 1020. The number of hydrogen-bond acceptors (Lipinski definition) is 5. The Kier molecular flexibility index (Phi) is 5.81. The predicted octanol–water partition coefficient (Wildman–Crippen LogP) is 2.98. The fourth-order valence-electron chi connectivity index (χ4n) is 3.21. The lowest BCUT2D eigenvalue weighted by Crippen LogP contribution is -2.39. The van der Waals surface area contributed by atoms with Crippen LogP contribution in [0.2, 0.25) is 5.02 Å². The van der Waals surface area contributed by atoms with Gasteiger partial charge in [0.05, 0.1) is 27.7 Å². The normalized spacial score (nSPS) is 18.5. The molecule has 1 fully saturated rings. The lowest BCUT2D eigenvalue weighted by Gasteiger charge is -2.24. The van der Waals surface area contributed by atoms with Crippen molar-refractivity contribution in [2.24, 2.45) is 0 Å². The summed E-state index contributed by atoms with van der Waals surface area (Å²) in [4.78, 5) is 0.221. The molecule has 0 radical (unpaired) electrons. The summed E-state index contributed by atoms with van der Waals surface area (Å²) in [7, 11) is -6.01. The quantitative estimate of drug-likeness (QED) is 0.705.